The molecule has 0 saturated carbocycles. The van der Waals surface area contributed by atoms with Gasteiger partial charge in [-0.05, 0) is 108 Å². The van der Waals surface area contributed by atoms with Crippen molar-refractivity contribution in [3.8, 4) is 11.5 Å². The van der Waals surface area contributed by atoms with E-state index >= 15 is 0 Å². The van der Waals surface area contributed by atoms with Gasteiger partial charge in [-0.3, -0.25) is 9.59 Å². The van der Waals surface area contributed by atoms with Gasteiger partial charge in [0.1, 0.15) is 24.1 Å². The maximum atomic E-state index is 13.0. The third-order valence-corrected chi connectivity index (χ3v) is 10.0. The average Bonchev–Trinajstić information content (AvgIpc) is 3.42. The Bertz CT molecular complexity index is 1800. The number of aryl methyl sites for hydroxylation is 2. The number of piperidine rings is 1. The fraction of sp³-hybridized carbons (Fsp3) is 0.317. The predicted octanol–water partition coefficient (Wildman–Crippen LogP) is 7.03. The molecular formula is C41H42N2O5. The van der Waals surface area contributed by atoms with Gasteiger partial charge in [0, 0.05) is 30.3 Å². The summed E-state index contributed by atoms with van der Waals surface area (Å²) in [6.07, 6.45) is 5.00. The van der Waals surface area contributed by atoms with E-state index in [4.69, 9.17) is 9.47 Å². The van der Waals surface area contributed by atoms with Crippen LogP contribution in [0.2, 0.25) is 0 Å². The lowest BCUT2D eigenvalue weighted by atomic mass is 9.69. The molecule has 246 valence electrons. The second kappa shape index (κ2) is 14.1. The molecule has 2 heterocycles. The number of phenolic OH excluding ortho intramolecular Hbond substituents is 1. The summed E-state index contributed by atoms with van der Waals surface area (Å²) in [5, 5.41) is 12.9. The summed E-state index contributed by atoms with van der Waals surface area (Å²) in [5.41, 5.74) is 8.65. The number of phenols is 1. The van der Waals surface area contributed by atoms with Crippen LogP contribution < -0.4 is 10.1 Å². The van der Waals surface area contributed by atoms with E-state index in [2.05, 4.69) is 66.5 Å². The number of ether oxygens (including phenoxy) is 2. The highest BCUT2D eigenvalue weighted by molar-refractivity contribution is 6.01. The van der Waals surface area contributed by atoms with Gasteiger partial charge in [0.2, 0.25) is 5.91 Å². The molecule has 3 atom stereocenters. The zero-order valence-electron chi connectivity index (χ0n) is 27.2. The number of hydrogen-bond acceptors (Lipinski definition) is 5. The van der Waals surface area contributed by atoms with Crippen molar-refractivity contribution in [1.82, 2.24) is 10.2 Å². The van der Waals surface area contributed by atoms with Gasteiger partial charge >= 0.3 is 0 Å². The molecule has 7 rings (SSSR count). The third kappa shape index (κ3) is 6.74. The van der Waals surface area contributed by atoms with Crippen molar-refractivity contribution in [3.05, 3.63) is 142 Å². The van der Waals surface area contributed by atoms with Gasteiger partial charge in [0.25, 0.3) is 5.91 Å². The molecule has 0 unspecified atom stereocenters. The SMILES string of the molecule is C=C1CC[C@H](N2Cc3cc(CCCOCCOc4ccc([C@H]5c6ccc(O)cc6CC[C@H]5c5ccccc5)cc4)ccc3C2=O)C(=O)N1. The zero-order chi connectivity index (χ0) is 33.0. The van der Waals surface area contributed by atoms with E-state index in [1.54, 1.807) is 11.0 Å². The number of fused-ring (bicyclic) bond motifs is 2. The van der Waals surface area contributed by atoms with Crippen LogP contribution in [0.1, 0.15) is 81.3 Å². The minimum absolute atomic E-state index is 0.0703. The Morgan fingerprint density at radius 1 is 0.833 bits per heavy atom. The molecule has 0 aromatic heterocycles. The van der Waals surface area contributed by atoms with E-state index in [9.17, 15) is 14.7 Å². The minimum Gasteiger partial charge on any atom is -0.508 e. The summed E-state index contributed by atoms with van der Waals surface area (Å²) < 4.78 is 11.9. The Labute approximate surface area is 282 Å². The highest BCUT2D eigenvalue weighted by Crippen LogP contribution is 2.47. The number of carbonyl (C=O) groups excluding carboxylic acids is 2. The normalized spacial score (nSPS) is 20.3. The van der Waals surface area contributed by atoms with Crippen molar-refractivity contribution in [2.24, 2.45) is 0 Å². The third-order valence-electron chi connectivity index (χ3n) is 10.0. The van der Waals surface area contributed by atoms with Crippen LogP contribution in [0.5, 0.6) is 11.5 Å². The molecule has 2 amide bonds. The molecule has 0 radical (unpaired) electrons. The van der Waals surface area contributed by atoms with Crippen molar-refractivity contribution in [1.29, 1.82) is 0 Å². The molecule has 1 saturated heterocycles. The molecule has 4 aromatic rings. The maximum Gasteiger partial charge on any atom is 0.255 e. The minimum atomic E-state index is -0.440. The number of benzene rings is 4. The van der Waals surface area contributed by atoms with Gasteiger partial charge in [0.05, 0.1) is 6.61 Å². The Morgan fingerprint density at radius 2 is 1.67 bits per heavy atom. The lowest BCUT2D eigenvalue weighted by Crippen LogP contribution is -2.49. The van der Waals surface area contributed by atoms with Crippen LogP contribution in [-0.4, -0.2) is 47.7 Å². The van der Waals surface area contributed by atoms with Crippen LogP contribution >= 0.6 is 0 Å². The molecule has 1 aliphatic carbocycles. The van der Waals surface area contributed by atoms with E-state index < -0.39 is 6.04 Å². The Kier molecular flexibility index (Phi) is 9.30. The Morgan fingerprint density at radius 3 is 2.48 bits per heavy atom. The Hall–Kier alpha value is -4.88. The molecule has 1 fully saturated rings. The van der Waals surface area contributed by atoms with Gasteiger partial charge in [0.15, 0.2) is 0 Å². The molecule has 2 aliphatic heterocycles. The summed E-state index contributed by atoms with van der Waals surface area (Å²) in [6, 6.07) is 30.5. The Balaban J connectivity index is 0.878. The van der Waals surface area contributed by atoms with Gasteiger partial charge in [-0.2, -0.15) is 0 Å². The van der Waals surface area contributed by atoms with Crippen molar-refractivity contribution in [2.75, 3.05) is 19.8 Å². The standard InChI is InChI=1S/C41H42N2O5/c1-27-9-20-38(40(45)42-27)43-26-32-24-28(10-17-37(32)41(43)46)6-5-21-47-22-23-48-34-15-11-30(12-16-34)39-35(29-7-3-2-4-8-29)18-13-31-25-33(44)14-19-36(31)39/h2-4,7-8,10-12,14-17,19,24-25,35,38-39,44H,1,5-6,9,13,18,20-23,26H2,(H,42,45)/t35-,38-,39+/m0/s1. The summed E-state index contributed by atoms with van der Waals surface area (Å²) in [4.78, 5) is 27.1. The fourth-order valence-corrected chi connectivity index (χ4v) is 7.61. The lowest BCUT2D eigenvalue weighted by Gasteiger charge is -2.34. The number of aromatic hydroxyl groups is 1. The van der Waals surface area contributed by atoms with Crippen molar-refractivity contribution in [2.45, 2.75) is 62.9 Å². The van der Waals surface area contributed by atoms with E-state index in [1.165, 1.54) is 22.3 Å². The number of amides is 2. The molecule has 0 spiro atoms. The van der Waals surface area contributed by atoms with Crippen LogP contribution in [-0.2, 0) is 28.9 Å². The topological polar surface area (TPSA) is 88.1 Å². The monoisotopic (exact) mass is 642 g/mol. The smallest absolute Gasteiger partial charge is 0.255 e. The largest absolute Gasteiger partial charge is 0.508 e. The number of nitrogens with zero attached hydrogens (tertiary/aromatic N) is 1. The van der Waals surface area contributed by atoms with E-state index in [0.717, 1.165) is 42.6 Å². The first kappa shape index (κ1) is 31.7. The number of allylic oxidation sites excluding steroid dienone is 1. The molecular weight excluding hydrogens is 600 g/mol. The van der Waals surface area contributed by atoms with E-state index in [1.807, 2.05) is 30.3 Å². The van der Waals surface area contributed by atoms with Gasteiger partial charge in [-0.15, -0.1) is 0 Å². The quantitative estimate of drug-likeness (QED) is 0.172. The summed E-state index contributed by atoms with van der Waals surface area (Å²) >= 11 is 0. The molecule has 4 aromatic carbocycles. The highest BCUT2D eigenvalue weighted by Gasteiger charge is 2.38. The van der Waals surface area contributed by atoms with Crippen LogP contribution in [0.25, 0.3) is 0 Å². The first-order valence-electron chi connectivity index (χ1n) is 17.0. The van der Waals surface area contributed by atoms with E-state index in [-0.39, 0.29) is 17.7 Å². The van der Waals surface area contributed by atoms with E-state index in [0.29, 0.717) is 62.1 Å². The highest BCUT2D eigenvalue weighted by atomic mass is 16.5. The van der Waals surface area contributed by atoms with Gasteiger partial charge in [-0.25, -0.2) is 0 Å². The van der Waals surface area contributed by atoms with Crippen molar-refractivity contribution < 1.29 is 24.2 Å². The first-order chi connectivity index (χ1) is 23.4. The van der Waals surface area contributed by atoms with Crippen LogP contribution in [0.3, 0.4) is 0 Å². The lowest BCUT2D eigenvalue weighted by molar-refractivity contribution is -0.126. The molecule has 0 bridgehead atoms. The fourth-order valence-electron chi connectivity index (χ4n) is 7.61. The second-order valence-electron chi connectivity index (χ2n) is 13.1. The van der Waals surface area contributed by atoms with Crippen LogP contribution in [0.15, 0.2) is 103 Å². The van der Waals surface area contributed by atoms with Crippen LogP contribution in [0, 0.1) is 0 Å². The number of hydrogen-bond donors (Lipinski definition) is 2. The average molecular weight is 643 g/mol. The molecule has 3 aliphatic rings. The molecule has 48 heavy (non-hydrogen) atoms. The molecule has 7 nitrogen and oxygen atoms in total. The second-order valence-corrected chi connectivity index (χ2v) is 13.1. The summed E-state index contributed by atoms with van der Waals surface area (Å²) in [5.74, 6) is 1.50. The first-order valence-corrected chi connectivity index (χ1v) is 17.0. The van der Waals surface area contributed by atoms with Gasteiger partial charge in [-0.1, -0.05) is 67.2 Å². The van der Waals surface area contributed by atoms with Crippen molar-refractivity contribution >= 4 is 11.8 Å². The van der Waals surface area contributed by atoms with Gasteiger partial charge < -0.3 is 24.8 Å². The molecule has 2 N–H and O–H groups in total. The number of carbonyl (C=O) groups is 2. The maximum absolute atomic E-state index is 13.0. The zero-order valence-corrected chi connectivity index (χ0v) is 27.2. The summed E-state index contributed by atoms with van der Waals surface area (Å²) in [6.45, 7) is 5.89. The van der Waals surface area contributed by atoms with Crippen molar-refractivity contribution in [3.63, 3.8) is 0 Å². The predicted molar refractivity (Wildman–Crippen MR) is 185 cm³/mol. The summed E-state index contributed by atoms with van der Waals surface area (Å²) in [7, 11) is 0. The molecule has 7 heteroatoms. The number of rotatable bonds is 11. The van der Waals surface area contributed by atoms with Crippen LogP contribution in [0.4, 0.5) is 0 Å². The number of nitrogens with one attached hydrogen (secondary N) is 1.